The molecule has 4 nitrogen and oxygen atoms in total. The molecular weight excluding hydrogens is 252 g/mol. The second-order valence-corrected chi connectivity index (χ2v) is 4.53. The van der Waals surface area contributed by atoms with Crippen LogP contribution >= 0.6 is 0 Å². The average Bonchev–Trinajstić information content (AvgIpc) is 3.19. The Hall–Kier alpha value is -2.16. The Labute approximate surface area is 109 Å². The molecule has 0 radical (unpaired) electrons. The van der Waals surface area contributed by atoms with Gasteiger partial charge in [-0.3, -0.25) is 4.79 Å². The molecule has 1 saturated carbocycles. The second kappa shape index (κ2) is 5.65. The van der Waals surface area contributed by atoms with Crippen molar-refractivity contribution in [3.8, 4) is 6.07 Å². The van der Waals surface area contributed by atoms with Crippen molar-refractivity contribution in [3.63, 3.8) is 0 Å². The van der Waals surface area contributed by atoms with Crippen molar-refractivity contribution >= 4 is 11.6 Å². The third kappa shape index (κ3) is 3.65. The highest BCUT2D eigenvalue weighted by molar-refractivity contribution is 5.80. The molecule has 1 aromatic carbocycles. The van der Waals surface area contributed by atoms with E-state index in [1.54, 1.807) is 6.07 Å². The monoisotopic (exact) mass is 265 g/mol. The summed E-state index contributed by atoms with van der Waals surface area (Å²) in [5.74, 6) is -1.53. The van der Waals surface area contributed by atoms with Crippen LogP contribution in [-0.2, 0) is 4.79 Å². The number of nitriles is 1. The van der Waals surface area contributed by atoms with E-state index in [4.69, 9.17) is 5.26 Å². The van der Waals surface area contributed by atoms with Crippen LogP contribution in [0.1, 0.15) is 18.4 Å². The molecule has 1 aliphatic rings. The van der Waals surface area contributed by atoms with Gasteiger partial charge in [-0.1, -0.05) is 0 Å². The first kappa shape index (κ1) is 13.3. The Morgan fingerprint density at radius 1 is 1.37 bits per heavy atom. The van der Waals surface area contributed by atoms with Gasteiger partial charge in [0.25, 0.3) is 0 Å². The molecule has 0 heterocycles. The SMILES string of the molecule is N#Cc1cc(F)c(NCC(=O)NCC2CC2)c(F)c1. The zero-order chi connectivity index (χ0) is 13.8. The largest absolute Gasteiger partial charge is 0.371 e. The van der Waals surface area contributed by atoms with E-state index >= 15 is 0 Å². The fourth-order valence-corrected chi connectivity index (χ4v) is 1.62. The lowest BCUT2D eigenvalue weighted by molar-refractivity contribution is -0.119. The third-order valence-corrected chi connectivity index (χ3v) is 2.88. The average molecular weight is 265 g/mol. The van der Waals surface area contributed by atoms with E-state index in [2.05, 4.69) is 10.6 Å². The minimum absolute atomic E-state index is 0.0984. The number of carbonyl (C=O) groups is 1. The number of nitrogens with one attached hydrogen (secondary N) is 2. The highest BCUT2D eigenvalue weighted by Gasteiger charge is 2.21. The summed E-state index contributed by atoms with van der Waals surface area (Å²) < 4.78 is 27.0. The van der Waals surface area contributed by atoms with Crippen LogP contribution in [0, 0.1) is 28.9 Å². The first-order valence-corrected chi connectivity index (χ1v) is 6.00. The maximum Gasteiger partial charge on any atom is 0.239 e. The standard InChI is InChI=1S/C13H13F2N3O/c14-10-3-9(5-16)4-11(15)13(10)18-7-12(19)17-6-8-1-2-8/h3-4,8,18H,1-2,6-7H2,(H,17,19). The number of halogens is 2. The zero-order valence-corrected chi connectivity index (χ0v) is 10.2. The molecule has 1 aromatic rings. The van der Waals surface area contributed by atoms with Crippen LogP contribution in [0.4, 0.5) is 14.5 Å². The summed E-state index contributed by atoms with van der Waals surface area (Å²) in [5.41, 5.74) is -0.487. The molecule has 0 unspecified atom stereocenters. The number of benzene rings is 1. The first-order chi connectivity index (χ1) is 9.10. The topological polar surface area (TPSA) is 64.9 Å². The van der Waals surface area contributed by atoms with E-state index in [0.29, 0.717) is 12.5 Å². The molecule has 0 saturated heterocycles. The van der Waals surface area contributed by atoms with Crippen molar-refractivity contribution in [1.82, 2.24) is 5.32 Å². The predicted octanol–water partition coefficient (Wildman–Crippen LogP) is 1.77. The van der Waals surface area contributed by atoms with Crippen LogP contribution < -0.4 is 10.6 Å². The molecule has 100 valence electrons. The molecule has 0 aromatic heterocycles. The number of carbonyl (C=O) groups excluding carboxylic acids is 1. The molecule has 1 amide bonds. The van der Waals surface area contributed by atoms with Crippen molar-refractivity contribution in [1.29, 1.82) is 5.26 Å². The molecule has 0 spiro atoms. The molecule has 2 rings (SSSR count). The number of amides is 1. The zero-order valence-electron chi connectivity index (χ0n) is 10.2. The summed E-state index contributed by atoms with van der Waals surface area (Å²) in [7, 11) is 0. The van der Waals surface area contributed by atoms with Gasteiger partial charge in [-0.05, 0) is 30.9 Å². The summed E-state index contributed by atoms with van der Waals surface area (Å²) in [6.45, 7) is 0.408. The maximum absolute atomic E-state index is 13.5. The Kier molecular flexibility index (Phi) is 3.95. The van der Waals surface area contributed by atoms with Crippen LogP contribution in [0.5, 0.6) is 0 Å². The fraction of sp³-hybridized carbons (Fsp3) is 0.385. The molecule has 1 fully saturated rings. The number of anilines is 1. The number of nitrogens with zero attached hydrogens (tertiary/aromatic N) is 1. The van der Waals surface area contributed by atoms with E-state index < -0.39 is 11.6 Å². The molecule has 0 atom stereocenters. The smallest absolute Gasteiger partial charge is 0.239 e. The van der Waals surface area contributed by atoms with E-state index in [-0.39, 0.29) is 23.7 Å². The lowest BCUT2D eigenvalue weighted by Crippen LogP contribution is -2.31. The van der Waals surface area contributed by atoms with Gasteiger partial charge in [0.15, 0.2) is 11.6 Å². The minimum Gasteiger partial charge on any atom is -0.371 e. The Morgan fingerprint density at radius 2 is 2.00 bits per heavy atom. The minimum atomic E-state index is -0.883. The van der Waals surface area contributed by atoms with Crippen LogP contribution in [0.3, 0.4) is 0 Å². The molecule has 0 bridgehead atoms. The van der Waals surface area contributed by atoms with Gasteiger partial charge in [-0.15, -0.1) is 0 Å². The van der Waals surface area contributed by atoms with E-state index in [1.807, 2.05) is 0 Å². The van der Waals surface area contributed by atoms with Crippen molar-refractivity contribution < 1.29 is 13.6 Å². The van der Waals surface area contributed by atoms with Gasteiger partial charge in [-0.2, -0.15) is 5.26 Å². The first-order valence-electron chi connectivity index (χ1n) is 6.00. The van der Waals surface area contributed by atoms with Gasteiger partial charge in [0, 0.05) is 6.54 Å². The van der Waals surface area contributed by atoms with E-state index in [9.17, 15) is 13.6 Å². The van der Waals surface area contributed by atoms with Crippen LogP contribution in [-0.4, -0.2) is 19.0 Å². The molecular formula is C13H13F2N3O. The van der Waals surface area contributed by atoms with Crippen molar-refractivity contribution in [3.05, 3.63) is 29.3 Å². The van der Waals surface area contributed by atoms with Gasteiger partial charge in [0.05, 0.1) is 18.2 Å². The summed E-state index contributed by atoms with van der Waals surface area (Å²) in [5, 5.41) is 13.6. The molecule has 19 heavy (non-hydrogen) atoms. The normalized spacial score (nSPS) is 13.7. The van der Waals surface area contributed by atoms with Crippen LogP contribution in [0.2, 0.25) is 0 Å². The Morgan fingerprint density at radius 3 is 2.53 bits per heavy atom. The highest BCUT2D eigenvalue weighted by atomic mass is 19.1. The van der Waals surface area contributed by atoms with Gasteiger partial charge < -0.3 is 10.6 Å². The summed E-state index contributed by atoms with van der Waals surface area (Å²) in [6, 6.07) is 3.50. The fourth-order valence-electron chi connectivity index (χ4n) is 1.62. The number of hydrogen-bond acceptors (Lipinski definition) is 3. The van der Waals surface area contributed by atoms with Gasteiger partial charge in [0.1, 0.15) is 5.69 Å². The molecule has 6 heteroatoms. The van der Waals surface area contributed by atoms with Gasteiger partial charge in [0.2, 0.25) is 5.91 Å². The number of hydrogen-bond donors (Lipinski definition) is 2. The lowest BCUT2D eigenvalue weighted by atomic mass is 10.2. The molecule has 0 aliphatic heterocycles. The molecule has 2 N–H and O–H groups in total. The van der Waals surface area contributed by atoms with Crippen LogP contribution in [0.25, 0.3) is 0 Å². The quantitative estimate of drug-likeness (QED) is 0.852. The van der Waals surface area contributed by atoms with E-state index in [1.165, 1.54) is 0 Å². The lowest BCUT2D eigenvalue weighted by Gasteiger charge is -2.09. The van der Waals surface area contributed by atoms with Crippen molar-refractivity contribution in [2.45, 2.75) is 12.8 Å². The Bertz CT molecular complexity index is 512. The summed E-state index contributed by atoms with van der Waals surface area (Å²) in [4.78, 5) is 11.4. The Balaban J connectivity index is 1.91. The predicted molar refractivity (Wildman–Crippen MR) is 65.3 cm³/mol. The number of rotatable bonds is 5. The van der Waals surface area contributed by atoms with E-state index in [0.717, 1.165) is 25.0 Å². The van der Waals surface area contributed by atoms with Crippen molar-refractivity contribution in [2.24, 2.45) is 5.92 Å². The summed E-state index contributed by atoms with van der Waals surface area (Å²) in [6.07, 6.45) is 2.24. The maximum atomic E-state index is 13.5. The third-order valence-electron chi connectivity index (χ3n) is 2.88. The van der Waals surface area contributed by atoms with Crippen LogP contribution in [0.15, 0.2) is 12.1 Å². The van der Waals surface area contributed by atoms with Crippen molar-refractivity contribution in [2.75, 3.05) is 18.4 Å². The second-order valence-electron chi connectivity index (χ2n) is 4.53. The molecule has 1 aliphatic carbocycles. The van der Waals surface area contributed by atoms with Gasteiger partial charge >= 0.3 is 0 Å². The summed E-state index contributed by atoms with van der Waals surface area (Å²) >= 11 is 0. The van der Waals surface area contributed by atoms with Gasteiger partial charge in [-0.25, -0.2) is 8.78 Å². The highest BCUT2D eigenvalue weighted by Crippen LogP contribution is 2.27.